The lowest BCUT2D eigenvalue weighted by atomic mass is 9.75. The highest BCUT2D eigenvalue weighted by molar-refractivity contribution is 4.99. The van der Waals surface area contributed by atoms with Gasteiger partial charge in [0.1, 0.15) is 5.82 Å². The fourth-order valence-corrected chi connectivity index (χ4v) is 2.98. The molecule has 0 spiro atoms. The Hall–Kier alpha value is -0.870. The van der Waals surface area contributed by atoms with Crippen LogP contribution in [0.15, 0.2) is 12.4 Å². The van der Waals surface area contributed by atoms with Crippen molar-refractivity contribution < 1.29 is 4.74 Å². The summed E-state index contributed by atoms with van der Waals surface area (Å²) < 4.78 is 8.00. The number of hydrogen-bond donors (Lipinski definition) is 1. The van der Waals surface area contributed by atoms with Crippen LogP contribution in [0.5, 0.6) is 0 Å². The van der Waals surface area contributed by atoms with Gasteiger partial charge in [-0.15, -0.1) is 0 Å². The van der Waals surface area contributed by atoms with Crippen molar-refractivity contribution in [2.75, 3.05) is 14.2 Å². The molecule has 1 N–H and O–H groups in total. The minimum absolute atomic E-state index is 0.121. The number of aromatic nitrogens is 2. The molecule has 108 valence electrons. The molecule has 0 aliphatic heterocycles. The number of nitrogens with zero attached hydrogens (tertiary/aromatic N) is 2. The van der Waals surface area contributed by atoms with Crippen LogP contribution in [-0.4, -0.2) is 35.4 Å². The van der Waals surface area contributed by atoms with E-state index in [2.05, 4.69) is 28.0 Å². The molecule has 0 amide bonds. The molecule has 19 heavy (non-hydrogen) atoms. The molecule has 4 heteroatoms. The first-order valence-corrected chi connectivity index (χ1v) is 7.45. The van der Waals surface area contributed by atoms with Gasteiger partial charge in [-0.05, 0) is 39.2 Å². The van der Waals surface area contributed by atoms with Crippen LogP contribution in [0.25, 0.3) is 0 Å². The molecule has 0 saturated heterocycles. The lowest BCUT2D eigenvalue weighted by molar-refractivity contribution is -0.0831. The van der Waals surface area contributed by atoms with Crippen LogP contribution in [0, 0.1) is 0 Å². The van der Waals surface area contributed by atoms with E-state index >= 15 is 0 Å². The van der Waals surface area contributed by atoms with Crippen molar-refractivity contribution in [3.8, 4) is 0 Å². The first kappa shape index (κ1) is 14.5. The van der Waals surface area contributed by atoms with Gasteiger partial charge in [-0.1, -0.05) is 6.92 Å². The molecule has 1 aliphatic carbocycles. The number of aryl methyl sites for hydroxylation is 1. The summed E-state index contributed by atoms with van der Waals surface area (Å²) in [7, 11) is 3.89. The number of methoxy groups -OCH3 is 1. The first-order chi connectivity index (χ1) is 9.23. The molecular weight excluding hydrogens is 238 g/mol. The average Bonchev–Trinajstić information content (AvgIpc) is 2.80. The summed E-state index contributed by atoms with van der Waals surface area (Å²) in [5.74, 6) is 1.19. The Labute approximate surface area is 116 Å². The van der Waals surface area contributed by atoms with Crippen molar-refractivity contribution in [3.63, 3.8) is 0 Å². The lowest BCUT2D eigenvalue weighted by Gasteiger charge is -2.42. The summed E-state index contributed by atoms with van der Waals surface area (Å²) in [6, 6.07) is 0.443. The van der Waals surface area contributed by atoms with Gasteiger partial charge in [0.2, 0.25) is 0 Å². The monoisotopic (exact) mass is 265 g/mol. The van der Waals surface area contributed by atoms with E-state index in [0.717, 1.165) is 25.8 Å². The van der Waals surface area contributed by atoms with Crippen LogP contribution in [0.1, 0.15) is 44.9 Å². The zero-order chi connectivity index (χ0) is 13.7. The molecule has 1 aromatic rings. The minimum Gasteiger partial charge on any atom is -0.378 e. The van der Waals surface area contributed by atoms with Crippen molar-refractivity contribution >= 4 is 0 Å². The second kappa shape index (κ2) is 6.53. The van der Waals surface area contributed by atoms with Crippen LogP contribution < -0.4 is 5.32 Å². The largest absolute Gasteiger partial charge is 0.378 e. The maximum absolute atomic E-state index is 5.74. The van der Waals surface area contributed by atoms with Crippen molar-refractivity contribution in [3.05, 3.63) is 18.2 Å². The Bertz CT molecular complexity index is 379. The van der Waals surface area contributed by atoms with Crippen LogP contribution in [0.2, 0.25) is 0 Å². The van der Waals surface area contributed by atoms with Gasteiger partial charge in [0.05, 0.1) is 5.60 Å². The van der Waals surface area contributed by atoms with Crippen molar-refractivity contribution in [2.24, 2.45) is 0 Å². The molecule has 2 rings (SSSR count). The second-order valence-electron chi connectivity index (χ2n) is 5.67. The van der Waals surface area contributed by atoms with Crippen LogP contribution in [0.4, 0.5) is 0 Å². The van der Waals surface area contributed by atoms with E-state index in [1.807, 2.05) is 20.4 Å². The van der Waals surface area contributed by atoms with Gasteiger partial charge in [-0.2, -0.15) is 0 Å². The van der Waals surface area contributed by atoms with E-state index in [1.54, 1.807) is 0 Å². The Kier molecular flexibility index (Phi) is 4.99. The molecule has 1 heterocycles. The van der Waals surface area contributed by atoms with E-state index in [-0.39, 0.29) is 5.60 Å². The summed E-state index contributed by atoms with van der Waals surface area (Å²) in [5, 5.41) is 3.43. The third-order valence-electron chi connectivity index (χ3n) is 4.42. The van der Waals surface area contributed by atoms with Gasteiger partial charge in [0.15, 0.2) is 0 Å². The molecule has 1 atom stereocenters. The Morgan fingerprint density at radius 2 is 2.32 bits per heavy atom. The third-order valence-corrected chi connectivity index (χ3v) is 4.42. The molecule has 1 fully saturated rings. The number of ether oxygens (including phenoxy) is 1. The maximum atomic E-state index is 5.74. The number of hydrogen-bond acceptors (Lipinski definition) is 3. The highest BCUT2D eigenvalue weighted by Gasteiger charge is 2.38. The summed E-state index contributed by atoms with van der Waals surface area (Å²) in [6.45, 7) is 3.26. The van der Waals surface area contributed by atoms with Gasteiger partial charge in [-0.25, -0.2) is 4.98 Å². The SMILES string of the molecule is CCCn1ccnc1CC(CC1(OC)CCC1)NC. The fraction of sp³-hybridized carbons (Fsp3) is 0.800. The Balaban J connectivity index is 1.96. The number of nitrogens with one attached hydrogen (secondary N) is 1. The van der Waals surface area contributed by atoms with Crippen molar-refractivity contribution in [1.82, 2.24) is 14.9 Å². The van der Waals surface area contributed by atoms with E-state index in [4.69, 9.17) is 4.74 Å². The summed E-state index contributed by atoms with van der Waals surface area (Å²) in [5.41, 5.74) is 0.121. The van der Waals surface area contributed by atoms with Crippen molar-refractivity contribution in [1.29, 1.82) is 0 Å². The van der Waals surface area contributed by atoms with Gasteiger partial charge in [-0.3, -0.25) is 0 Å². The molecule has 0 bridgehead atoms. The van der Waals surface area contributed by atoms with Gasteiger partial charge in [0.25, 0.3) is 0 Å². The predicted molar refractivity (Wildman–Crippen MR) is 77.3 cm³/mol. The van der Waals surface area contributed by atoms with E-state index in [0.29, 0.717) is 6.04 Å². The lowest BCUT2D eigenvalue weighted by Crippen LogP contribution is -2.46. The minimum atomic E-state index is 0.121. The van der Waals surface area contributed by atoms with E-state index in [1.165, 1.54) is 25.1 Å². The van der Waals surface area contributed by atoms with E-state index < -0.39 is 0 Å². The second-order valence-corrected chi connectivity index (χ2v) is 5.67. The number of likely N-dealkylation sites (N-methyl/N-ethyl adjacent to an activating group) is 1. The topological polar surface area (TPSA) is 39.1 Å². The van der Waals surface area contributed by atoms with Crippen LogP contribution >= 0.6 is 0 Å². The Morgan fingerprint density at radius 3 is 2.84 bits per heavy atom. The van der Waals surface area contributed by atoms with Crippen LogP contribution in [-0.2, 0) is 17.7 Å². The summed E-state index contributed by atoms with van der Waals surface area (Å²) in [6.07, 6.45) is 10.9. The fourth-order valence-electron chi connectivity index (χ4n) is 2.98. The molecule has 1 aromatic heterocycles. The molecule has 1 unspecified atom stereocenters. The number of imidazole rings is 1. The molecule has 0 radical (unpaired) electrons. The molecule has 1 aliphatic rings. The first-order valence-electron chi connectivity index (χ1n) is 7.45. The molecule has 1 saturated carbocycles. The normalized spacial score (nSPS) is 19.1. The molecular formula is C15H27N3O. The number of rotatable bonds is 8. The van der Waals surface area contributed by atoms with Gasteiger partial charge in [0, 0.05) is 38.5 Å². The molecule has 4 nitrogen and oxygen atoms in total. The third kappa shape index (κ3) is 3.37. The van der Waals surface area contributed by atoms with Crippen LogP contribution in [0.3, 0.4) is 0 Å². The summed E-state index contributed by atoms with van der Waals surface area (Å²) in [4.78, 5) is 4.50. The van der Waals surface area contributed by atoms with Gasteiger partial charge >= 0.3 is 0 Å². The Morgan fingerprint density at radius 1 is 1.53 bits per heavy atom. The zero-order valence-electron chi connectivity index (χ0n) is 12.5. The predicted octanol–water partition coefficient (Wildman–Crippen LogP) is 2.38. The highest BCUT2D eigenvalue weighted by Crippen LogP contribution is 2.39. The molecule has 0 aromatic carbocycles. The summed E-state index contributed by atoms with van der Waals surface area (Å²) >= 11 is 0. The highest BCUT2D eigenvalue weighted by atomic mass is 16.5. The van der Waals surface area contributed by atoms with Gasteiger partial charge < -0.3 is 14.6 Å². The quantitative estimate of drug-likeness (QED) is 0.784. The van der Waals surface area contributed by atoms with E-state index in [9.17, 15) is 0 Å². The van der Waals surface area contributed by atoms with Crippen molar-refractivity contribution in [2.45, 2.75) is 63.6 Å². The standard InChI is InChI=1S/C15H27N3O/c1-4-9-18-10-8-17-14(18)11-13(16-2)12-15(19-3)6-5-7-15/h8,10,13,16H,4-7,9,11-12H2,1-3H3. The zero-order valence-corrected chi connectivity index (χ0v) is 12.5. The smallest absolute Gasteiger partial charge is 0.110 e. The average molecular weight is 265 g/mol. The maximum Gasteiger partial charge on any atom is 0.110 e.